The van der Waals surface area contributed by atoms with Crippen molar-refractivity contribution in [1.82, 2.24) is 0 Å². The third kappa shape index (κ3) is 5.71. The smallest absolute Gasteiger partial charge is 0.0803 e. The van der Waals surface area contributed by atoms with Crippen LogP contribution in [-0.4, -0.2) is 16.1 Å². The van der Waals surface area contributed by atoms with E-state index in [2.05, 4.69) is 134 Å². The molecule has 0 aromatic heterocycles. The van der Waals surface area contributed by atoms with E-state index in [-0.39, 0.29) is 0 Å². The van der Waals surface area contributed by atoms with Crippen molar-refractivity contribution in [1.29, 1.82) is 0 Å². The first-order chi connectivity index (χ1) is 18.2. The minimum Gasteiger partial charge on any atom is -0.0803 e. The summed E-state index contributed by atoms with van der Waals surface area (Å²) in [6.45, 7) is 2.65. The fourth-order valence-corrected chi connectivity index (χ4v) is 17.3. The lowest BCUT2D eigenvalue weighted by Crippen LogP contribution is -2.53. The molecule has 0 saturated heterocycles. The van der Waals surface area contributed by atoms with E-state index in [9.17, 15) is 0 Å². The minimum atomic E-state index is -1.80. The van der Waals surface area contributed by atoms with Gasteiger partial charge in [0.2, 0.25) is 0 Å². The first kappa shape index (κ1) is 26.2. The van der Waals surface area contributed by atoms with Crippen LogP contribution < -0.4 is 5.19 Å². The van der Waals surface area contributed by atoms with Crippen LogP contribution in [0.3, 0.4) is 0 Å². The molecule has 0 spiro atoms. The molecule has 192 valence electrons. The Morgan fingerprint density at radius 2 is 0.838 bits per heavy atom. The molecule has 0 heterocycles. The molecule has 0 saturated carbocycles. The van der Waals surface area contributed by atoms with E-state index in [4.69, 9.17) is 0 Å². The van der Waals surface area contributed by atoms with Gasteiger partial charge < -0.3 is 0 Å². The van der Waals surface area contributed by atoms with Crippen molar-refractivity contribution < 1.29 is 0 Å². The van der Waals surface area contributed by atoms with Crippen LogP contribution in [-0.2, 0) is 0 Å². The van der Waals surface area contributed by atoms with Crippen LogP contribution >= 0.6 is 0 Å². The number of unbranched alkanes of at least 4 members (excludes halogenated alkanes) is 5. The van der Waals surface area contributed by atoms with E-state index >= 15 is 0 Å². The molecule has 0 N–H and O–H groups in total. The molecule has 1 aromatic rings. The fourth-order valence-electron chi connectivity index (χ4n) is 7.31. The summed E-state index contributed by atoms with van der Waals surface area (Å²) in [5.41, 5.74) is 2.62. The summed E-state index contributed by atoms with van der Waals surface area (Å²) >= 11 is 0. The quantitative estimate of drug-likeness (QED) is 0.169. The number of hydrogen-bond donors (Lipinski definition) is 0. The van der Waals surface area contributed by atoms with Crippen LogP contribution in [0.25, 0.3) is 0 Å². The van der Waals surface area contributed by atoms with Gasteiger partial charge in [-0.25, -0.2) is 0 Å². The zero-order chi connectivity index (χ0) is 25.4. The Labute approximate surface area is 227 Å². The lowest BCUT2D eigenvalue weighted by Gasteiger charge is -2.40. The third-order valence-electron chi connectivity index (χ3n) is 9.57. The van der Waals surface area contributed by atoms with E-state index in [1.165, 1.54) is 50.6 Å². The topological polar surface area (TPSA) is 0 Å². The van der Waals surface area contributed by atoms with Crippen molar-refractivity contribution in [2.45, 2.75) is 79.3 Å². The molecule has 0 amide bonds. The predicted molar refractivity (Wildman–Crippen MR) is 169 cm³/mol. The van der Waals surface area contributed by atoms with Gasteiger partial charge in [-0.1, -0.05) is 190 Å². The summed E-state index contributed by atoms with van der Waals surface area (Å²) in [7, 11) is -3.22. The standard InChI is InChI=1S/C35H44Si2/c1-36(31-19-9-10-20-31,32-21-11-12-22-32)29-17-4-2-3-5-18-30-37(34-25-13-14-26-34,35-27-15-16-28-35)33-23-7-6-8-24-33/h6-16,19-28,31-32,34-35H,2-5,17-18,29-30H2,1H3. The molecule has 5 rings (SSSR count). The van der Waals surface area contributed by atoms with Crippen molar-refractivity contribution >= 4 is 21.3 Å². The summed E-state index contributed by atoms with van der Waals surface area (Å²) < 4.78 is 0. The monoisotopic (exact) mass is 520 g/mol. The van der Waals surface area contributed by atoms with Gasteiger partial charge in [0.25, 0.3) is 0 Å². The largest absolute Gasteiger partial charge is 0.108 e. The Bertz CT molecular complexity index is 1020. The number of rotatable bonds is 14. The molecule has 4 aliphatic rings. The summed E-state index contributed by atoms with van der Waals surface area (Å²) in [4.78, 5) is 0. The average molecular weight is 521 g/mol. The fraction of sp³-hybridized carbons (Fsp3) is 0.371. The second-order valence-electron chi connectivity index (χ2n) is 11.7. The maximum absolute atomic E-state index is 2.65. The van der Waals surface area contributed by atoms with Gasteiger partial charge in [0.05, 0.1) is 8.07 Å². The second kappa shape index (κ2) is 12.4. The Morgan fingerprint density at radius 3 is 1.30 bits per heavy atom. The highest BCUT2D eigenvalue weighted by Crippen LogP contribution is 2.45. The Morgan fingerprint density at radius 1 is 0.459 bits per heavy atom. The normalized spacial score (nSPS) is 19.6. The van der Waals surface area contributed by atoms with Gasteiger partial charge in [0, 0.05) is 0 Å². The summed E-state index contributed by atoms with van der Waals surface area (Å²) in [5.74, 6) is 0. The number of hydrogen-bond acceptors (Lipinski definition) is 0. The van der Waals surface area contributed by atoms with Crippen LogP contribution in [0.5, 0.6) is 0 Å². The van der Waals surface area contributed by atoms with Gasteiger partial charge in [0.15, 0.2) is 0 Å². The van der Waals surface area contributed by atoms with Crippen LogP contribution in [0, 0.1) is 0 Å². The van der Waals surface area contributed by atoms with Gasteiger partial charge in [-0.05, 0) is 22.2 Å². The predicted octanol–water partition coefficient (Wildman–Crippen LogP) is 9.75. The van der Waals surface area contributed by atoms with Crippen molar-refractivity contribution in [3.05, 3.63) is 128 Å². The molecule has 37 heavy (non-hydrogen) atoms. The molecular weight excluding hydrogens is 477 g/mol. The summed E-state index contributed by atoms with van der Waals surface area (Å²) in [6.07, 6.45) is 46.3. The molecule has 0 bridgehead atoms. The third-order valence-corrected chi connectivity index (χ3v) is 20.6. The molecule has 0 aliphatic heterocycles. The van der Waals surface area contributed by atoms with E-state index < -0.39 is 16.1 Å². The Hall–Kier alpha value is -2.43. The molecular formula is C35H44Si2. The van der Waals surface area contributed by atoms with E-state index in [1.807, 2.05) is 0 Å². The maximum atomic E-state index is 2.65. The number of benzene rings is 1. The first-order valence-corrected chi connectivity index (χ1v) is 19.9. The van der Waals surface area contributed by atoms with E-state index in [0.29, 0.717) is 22.2 Å². The molecule has 4 aliphatic carbocycles. The van der Waals surface area contributed by atoms with Gasteiger partial charge >= 0.3 is 0 Å². The lowest BCUT2D eigenvalue weighted by molar-refractivity contribution is 0.618. The Balaban J connectivity index is 1.14. The van der Waals surface area contributed by atoms with Crippen molar-refractivity contribution in [2.75, 3.05) is 0 Å². The average Bonchev–Trinajstić information content (AvgIpc) is 3.75. The molecule has 0 atom stereocenters. The number of allylic oxidation sites excluding steroid dienone is 16. The summed E-state index contributed by atoms with van der Waals surface area (Å²) in [5, 5.41) is 1.63. The highest BCUT2D eigenvalue weighted by atomic mass is 28.3. The first-order valence-electron chi connectivity index (χ1n) is 14.7. The van der Waals surface area contributed by atoms with E-state index in [0.717, 1.165) is 0 Å². The molecule has 0 nitrogen and oxygen atoms in total. The SMILES string of the molecule is C[Si](CCCCCCCC[Si](c1ccccc1)(C1C=CC=C1)C1C=CC=C1)(C1C=CC=C1)C1C=CC=C1. The lowest BCUT2D eigenvalue weighted by atomic mass is 10.1. The molecule has 0 unspecified atom stereocenters. The van der Waals surface area contributed by atoms with Gasteiger partial charge in [0.1, 0.15) is 8.07 Å². The maximum Gasteiger partial charge on any atom is 0.108 e. The Kier molecular flexibility index (Phi) is 8.79. The zero-order valence-corrected chi connectivity index (χ0v) is 24.6. The minimum absolute atomic E-state index is 0.604. The highest BCUT2D eigenvalue weighted by Gasteiger charge is 2.46. The van der Waals surface area contributed by atoms with Crippen LogP contribution in [0.1, 0.15) is 38.5 Å². The molecule has 0 radical (unpaired) electrons. The molecule has 0 fully saturated rings. The van der Waals surface area contributed by atoms with Gasteiger partial charge in [-0.3, -0.25) is 0 Å². The second-order valence-corrected chi connectivity index (χ2v) is 21.1. The van der Waals surface area contributed by atoms with Gasteiger partial charge in [-0.2, -0.15) is 0 Å². The van der Waals surface area contributed by atoms with Crippen LogP contribution in [0.15, 0.2) is 128 Å². The zero-order valence-electron chi connectivity index (χ0n) is 22.6. The van der Waals surface area contributed by atoms with Crippen molar-refractivity contribution in [2.24, 2.45) is 0 Å². The molecule has 2 heteroatoms. The summed E-state index contributed by atoms with van der Waals surface area (Å²) in [6, 6.07) is 14.4. The highest BCUT2D eigenvalue weighted by molar-refractivity contribution is 6.95. The van der Waals surface area contributed by atoms with Crippen LogP contribution in [0.4, 0.5) is 0 Å². The van der Waals surface area contributed by atoms with Crippen molar-refractivity contribution in [3.63, 3.8) is 0 Å². The van der Waals surface area contributed by atoms with Gasteiger partial charge in [-0.15, -0.1) is 0 Å². The van der Waals surface area contributed by atoms with Crippen LogP contribution in [0.2, 0.25) is 40.8 Å². The van der Waals surface area contributed by atoms with Crippen molar-refractivity contribution in [3.8, 4) is 0 Å². The van der Waals surface area contributed by atoms with E-state index in [1.54, 1.807) is 5.19 Å². The molecule has 1 aromatic carbocycles.